The van der Waals surface area contributed by atoms with Crippen LogP contribution in [0.1, 0.15) is 23.2 Å². The summed E-state index contributed by atoms with van der Waals surface area (Å²) in [5, 5.41) is 2.93. The first-order valence-corrected chi connectivity index (χ1v) is 7.81. The number of carbonyl (C=O) groups is 2. The van der Waals surface area contributed by atoms with E-state index >= 15 is 0 Å². The fourth-order valence-electron chi connectivity index (χ4n) is 2.00. The highest BCUT2D eigenvalue weighted by atomic mass is 35.5. The number of hydrogen-bond acceptors (Lipinski definition) is 4. The molecule has 1 aliphatic heterocycles. The Bertz CT molecular complexity index is 573. The quantitative estimate of drug-likeness (QED) is 0.642. The molecule has 1 N–H and O–H groups in total. The van der Waals surface area contributed by atoms with Gasteiger partial charge in [0.25, 0.3) is 5.91 Å². The second-order valence-corrected chi connectivity index (χ2v) is 5.93. The monoisotopic (exact) mass is 365 g/mol. The van der Waals surface area contributed by atoms with Crippen LogP contribution in [0, 0.1) is 0 Å². The van der Waals surface area contributed by atoms with Gasteiger partial charge in [0.1, 0.15) is 0 Å². The molecule has 1 aliphatic rings. The van der Waals surface area contributed by atoms with Gasteiger partial charge in [-0.3, -0.25) is 4.79 Å². The number of hydrogen-bond donors (Lipinski definition) is 1. The van der Waals surface area contributed by atoms with Crippen molar-refractivity contribution >= 4 is 46.7 Å². The Morgan fingerprint density at radius 2 is 2.00 bits per heavy atom. The molecule has 1 heterocycles. The van der Waals surface area contributed by atoms with Crippen molar-refractivity contribution in [1.29, 1.82) is 0 Å². The summed E-state index contributed by atoms with van der Waals surface area (Å²) in [4.78, 5) is 23.6. The number of ether oxygens (including phenoxy) is 2. The highest BCUT2D eigenvalue weighted by Crippen LogP contribution is 2.31. The second-order valence-electron chi connectivity index (χ2n) is 4.73. The van der Waals surface area contributed by atoms with Gasteiger partial charge in [-0.25, -0.2) is 4.79 Å². The SMILES string of the molecule is O=C(COC(=O)c1c(Cl)ccc(Cl)c1Cl)NC[C@H]1CCCO1. The summed E-state index contributed by atoms with van der Waals surface area (Å²) >= 11 is 17.6. The van der Waals surface area contributed by atoms with E-state index in [2.05, 4.69) is 5.32 Å². The van der Waals surface area contributed by atoms with Gasteiger partial charge >= 0.3 is 5.97 Å². The Kier molecular flexibility index (Phi) is 6.32. The van der Waals surface area contributed by atoms with Gasteiger partial charge in [-0.05, 0) is 25.0 Å². The molecule has 1 aromatic carbocycles. The molecule has 0 saturated carbocycles. The van der Waals surface area contributed by atoms with Crippen molar-refractivity contribution in [2.75, 3.05) is 19.8 Å². The van der Waals surface area contributed by atoms with E-state index in [0.29, 0.717) is 13.2 Å². The fourth-order valence-corrected chi connectivity index (χ4v) is 2.68. The molecule has 0 bridgehead atoms. The van der Waals surface area contributed by atoms with Crippen LogP contribution in [0.3, 0.4) is 0 Å². The van der Waals surface area contributed by atoms with E-state index in [1.807, 2.05) is 0 Å². The molecule has 5 nitrogen and oxygen atoms in total. The van der Waals surface area contributed by atoms with E-state index < -0.39 is 18.5 Å². The molecule has 0 spiro atoms. The summed E-state index contributed by atoms with van der Waals surface area (Å²) in [7, 11) is 0. The molecule has 22 heavy (non-hydrogen) atoms. The Balaban J connectivity index is 1.84. The number of amides is 1. The van der Waals surface area contributed by atoms with Crippen LogP contribution in [0.25, 0.3) is 0 Å². The van der Waals surface area contributed by atoms with Crippen molar-refractivity contribution in [2.45, 2.75) is 18.9 Å². The van der Waals surface area contributed by atoms with Crippen LogP contribution in [0.5, 0.6) is 0 Å². The van der Waals surface area contributed by atoms with Gasteiger partial charge in [0.05, 0.1) is 26.7 Å². The van der Waals surface area contributed by atoms with Gasteiger partial charge in [0, 0.05) is 13.2 Å². The third-order valence-electron chi connectivity index (χ3n) is 3.13. The number of rotatable bonds is 5. The molecule has 1 fully saturated rings. The zero-order valence-corrected chi connectivity index (χ0v) is 13.8. The minimum absolute atomic E-state index is 0.000990. The second kappa shape index (κ2) is 8.02. The van der Waals surface area contributed by atoms with E-state index in [1.54, 1.807) is 0 Å². The minimum Gasteiger partial charge on any atom is -0.452 e. The predicted octanol–water partition coefficient (Wildman–Crippen LogP) is 3.10. The number of esters is 1. The van der Waals surface area contributed by atoms with Crippen LogP contribution in [0.15, 0.2) is 12.1 Å². The summed E-state index contributed by atoms with van der Waals surface area (Å²) in [6.45, 7) is 0.682. The molecule has 1 amide bonds. The highest BCUT2D eigenvalue weighted by molar-refractivity contribution is 6.46. The summed E-state index contributed by atoms with van der Waals surface area (Å²) in [5.74, 6) is -1.22. The molecule has 1 aromatic rings. The number of halogens is 3. The molecule has 1 saturated heterocycles. The van der Waals surface area contributed by atoms with Crippen LogP contribution >= 0.6 is 34.8 Å². The Morgan fingerprint density at radius 3 is 2.68 bits per heavy atom. The molecule has 0 aliphatic carbocycles. The topological polar surface area (TPSA) is 64.6 Å². The van der Waals surface area contributed by atoms with Gasteiger partial charge in [0.2, 0.25) is 0 Å². The van der Waals surface area contributed by atoms with E-state index in [1.165, 1.54) is 12.1 Å². The normalized spacial score (nSPS) is 17.3. The molecular weight excluding hydrogens is 353 g/mol. The first kappa shape index (κ1) is 17.3. The number of carbonyl (C=O) groups excluding carboxylic acids is 2. The van der Waals surface area contributed by atoms with E-state index in [0.717, 1.165) is 12.8 Å². The standard InChI is InChI=1S/C14H14Cl3NO4/c15-9-3-4-10(16)13(17)12(9)14(20)22-7-11(19)18-6-8-2-1-5-21-8/h3-4,8H,1-2,5-7H2,(H,18,19)/t8-/m1/s1. The lowest BCUT2D eigenvalue weighted by atomic mass is 10.2. The molecule has 2 rings (SSSR count). The van der Waals surface area contributed by atoms with Crippen molar-refractivity contribution in [3.63, 3.8) is 0 Å². The minimum atomic E-state index is -0.801. The average Bonchev–Trinajstić information content (AvgIpc) is 3.00. The van der Waals surface area contributed by atoms with E-state index in [4.69, 9.17) is 44.3 Å². The first-order valence-electron chi connectivity index (χ1n) is 6.68. The zero-order chi connectivity index (χ0) is 16.1. The van der Waals surface area contributed by atoms with Gasteiger partial charge in [-0.15, -0.1) is 0 Å². The number of nitrogens with one attached hydrogen (secondary N) is 1. The van der Waals surface area contributed by atoms with Gasteiger partial charge in [-0.1, -0.05) is 34.8 Å². The van der Waals surface area contributed by atoms with E-state index in [9.17, 15) is 9.59 Å². The van der Waals surface area contributed by atoms with Crippen molar-refractivity contribution in [1.82, 2.24) is 5.32 Å². The third kappa shape index (κ3) is 4.49. The average molecular weight is 367 g/mol. The lowest BCUT2D eigenvalue weighted by molar-refractivity contribution is -0.124. The maximum Gasteiger partial charge on any atom is 0.341 e. The van der Waals surface area contributed by atoms with Crippen molar-refractivity contribution < 1.29 is 19.1 Å². The van der Waals surface area contributed by atoms with Crippen LogP contribution in [-0.4, -0.2) is 37.7 Å². The summed E-state index contributed by atoms with van der Waals surface area (Å²) in [5.41, 5.74) is -0.0530. The maximum absolute atomic E-state index is 11.9. The molecule has 120 valence electrons. The van der Waals surface area contributed by atoms with Crippen molar-refractivity contribution in [2.24, 2.45) is 0 Å². The lowest BCUT2D eigenvalue weighted by Gasteiger charge is -2.11. The first-order chi connectivity index (χ1) is 10.5. The maximum atomic E-state index is 11.9. The van der Waals surface area contributed by atoms with Crippen LogP contribution < -0.4 is 5.32 Å². The molecule has 1 atom stereocenters. The summed E-state index contributed by atoms with van der Waals surface area (Å²) in [6, 6.07) is 2.90. The Labute approximate surface area is 142 Å². The molecule has 0 unspecified atom stereocenters. The predicted molar refractivity (Wildman–Crippen MR) is 83.7 cm³/mol. The lowest BCUT2D eigenvalue weighted by Crippen LogP contribution is -2.34. The molecule has 8 heteroatoms. The Hall–Kier alpha value is -1.01. The number of benzene rings is 1. The fraction of sp³-hybridized carbons (Fsp3) is 0.429. The third-order valence-corrected chi connectivity index (χ3v) is 4.25. The van der Waals surface area contributed by atoms with Gasteiger partial charge in [-0.2, -0.15) is 0 Å². The molecule has 0 radical (unpaired) electrons. The zero-order valence-electron chi connectivity index (χ0n) is 11.5. The summed E-state index contributed by atoms with van der Waals surface area (Å²) < 4.78 is 10.3. The molecular formula is C14H14Cl3NO4. The summed E-state index contributed by atoms with van der Waals surface area (Å²) in [6.07, 6.45) is 1.92. The van der Waals surface area contributed by atoms with Crippen molar-refractivity contribution in [3.8, 4) is 0 Å². The Morgan fingerprint density at radius 1 is 1.27 bits per heavy atom. The van der Waals surface area contributed by atoms with Crippen molar-refractivity contribution in [3.05, 3.63) is 32.8 Å². The largest absolute Gasteiger partial charge is 0.452 e. The van der Waals surface area contributed by atoms with E-state index in [-0.39, 0.29) is 26.7 Å². The van der Waals surface area contributed by atoms with Crippen LogP contribution in [-0.2, 0) is 14.3 Å². The smallest absolute Gasteiger partial charge is 0.341 e. The molecule has 0 aromatic heterocycles. The van der Waals surface area contributed by atoms with Gasteiger partial charge in [0.15, 0.2) is 6.61 Å². The van der Waals surface area contributed by atoms with Crippen LogP contribution in [0.4, 0.5) is 0 Å². The highest BCUT2D eigenvalue weighted by Gasteiger charge is 2.20. The van der Waals surface area contributed by atoms with Gasteiger partial charge < -0.3 is 14.8 Å². The van der Waals surface area contributed by atoms with Crippen LogP contribution in [0.2, 0.25) is 15.1 Å².